The summed E-state index contributed by atoms with van der Waals surface area (Å²) in [6.07, 6.45) is 4.72. The minimum absolute atomic E-state index is 0.0512. The van der Waals surface area contributed by atoms with Gasteiger partial charge in [-0.15, -0.1) is 11.3 Å². The van der Waals surface area contributed by atoms with Crippen molar-refractivity contribution in [3.05, 3.63) is 64.7 Å². The van der Waals surface area contributed by atoms with E-state index < -0.39 is 0 Å². The van der Waals surface area contributed by atoms with E-state index in [-0.39, 0.29) is 17.9 Å². The first-order chi connectivity index (χ1) is 13.2. The summed E-state index contributed by atoms with van der Waals surface area (Å²) in [6.45, 7) is 1.81. The number of carbonyl (C=O) groups excluding carboxylic acids is 1. The lowest BCUT2D eigenvalue weighted by atomic mass is 10.2. The fourth-order valence-electron chi connectivity index (χ4n) is 3.18. The molecule has 27 heavy (non-hydrogen) atoms. The Morgan fingerprint density at radius 2 is 2.00 bits per heavy atom. The number of benzene rings is 1. The Hall–Kier alpha value is -2.93. The van der Waals surface area contributed by atoms with Crippen molar-refractivity contribution in [2.24, 2.45) is 0 Å². The first kappa shape index (κ1) is 17.5. The lowest BCUT2D eigenvalue weighted by Gasteiger charge is -2.08. The molecule has 0 fully saturated rings. The molecule has 1 N–H and O–H groups in total. The average molecular weight is 380 g/mol. The number of aromatic nitrogens is 3. The third-order valence-electron chi connectivity index (χ3n) is 4.61. The number of hydrogen-bond acceptors (Lipinski definition) is 4. The highest BCUT2D eigenvalue weighted by atomic mass is 32.1. The molecule has 1 amide bonds. The monoisotopic (exact) mass is 380 g/mol. The van der Waals surface area contributed by atoms with E-state index in [1.54, 1.807) is 6.07 Å². The van der Waals surface area contributed by atoms with E-state index in [9.17, 15) is 9.59 Å². The lowest BCUT2D eigenvalue weighted by Crippen LogP contribution is -2.28. The topological polar surface area (TPSA) is 68.9 Å². The number of fused-ring (bicyclic) bond motifs is 2. The van der Waals surface area contributed by atoms with Gasteiger partial charge < -0.3 is 9.88 Å². The van der Waals surface area contributed by atoms with E-state index in [1.807, 2.05) is 17.5 Å². The van der Waals surface area contributed by atoms with Crippen molar-refractivity contribution >= 4 is 38.4 Å². The number of rotatable bonds is 7. The number of amides is 1. The van der Waals surface area contributed by atoms with Crippen LogP contribution in [0.3, 0.4) is 0 Å². The lowest BCUT2D eigenvalue weighted by molar-refractivity contribution is -0.121. The molecular weight excluding hydrogens is 360 g/mol. The maximum absolute atomic E-state index is 12.3. The highest BCUT2D eigenvalue weighted by Crippen LogP contribution is 2.15. The minimum atomic E-state index is -0.0893. The first-order valence-electron chi connectivity index (χ1n) is 8.95. The summed E-state index contributed by atoms with van der Waals surface area (Å²) in [5.41, 5.74) is 1.12. The predicted molar refractivity (Wildman–Crippen MR) is 108 cm³/mol. The molecule has 0 aliphatic rings. The highest BCUT2D eigenvalue weighted by Gasteiger charge is 2.07. The van der Waals surface area contributed by atoms with E-state index in [2.05, 4.69) is 39.3 Å². The van der Waals surface area contributed by atoms with Gasteiger partial charge in [0.05, 0.1) is 11.7 Å². The SMILES string of the molecule is O=C(CCn1cnc2sccc2c1=O)NCCCn1ccc2ccccc21. The number of nitrogens with one attached hydrogen (secondary N) is 1. The number of carbonyl (C=O) groups is 1. The Morgan fingerprint density at radius 1 is 1.11 bits per heavy atom. The molecule has 138 valence electrons. The largest absolute Gasteiger partial charge is 0.356 e. The second kappa shape index (κ2) is 7.75. The van der Waals surface area contributed by atoms with Gasteiger partial charge in [0.1, 0.15) is 4.83 Å². The zero-order valence-corrected chi connectivity index (χ0v) is 15.6. The Kier molecular flexibility index (Phi) is 5.02. The molecule has 3 aromatic heterocycles. The van der Waals surface area contributed by atoms with Gasteiger partial charge in [-0.3, -0.25) is 14.2 Å². The van der Waals surface area contributed by atoms with Gasteiger partial charge in [-0.05, 0) is 35.4 Å². The van der Waals surface area contributed by atoms with Gasteiger partial charge in [0.15, 0.2) is 0 Å². The second-order valence-corrected chi connectivity index (χ2v) is 7.30. The van der Waals surface area contributed by atoms with Crippen molar-refractivity contribution in [1.82, 2.24) is 19.4 Å². The summed E-state index contributed by atoms with van der Waals surface area (Å²) in [6, 6.07) is 12.1. The third-order valence-corrected chi connectivity index (χ3v) is 5.43. The quantitative estimate of drug-likeness (QED) is 0.501. The zero-order chi connectivity index (χ0) is 18.6. The van der Waals surface area contributed by atoms with Crippen LogP contribution < -0.4 is 10.9 Å². The van der Waals surface area contributed by atoms with Crippen molar-refractivity contribution in [2.75, 3.05) is 6.54 Å². The van der Waals surface area contributed by atoms with Crippen molar-refractivity contribution < 1.29 is 4.79 Å². The molecule has 0 aliphatic carbocycles. The summed E-state index contributed by atoms with van der Waals surface area (Å²) >= 11 is 1.44. The van der Waals surface area contributed by atoms with E-state index in [0.717, 1.165) is 17.8 Å². The molecule has 4 aromatic rings. The van der Waals surface area contributed by atoms with Crippen LogP contribution in [0.4, 0.5) is 0 Å². The molecule has 0 saturated carbocycles. The molecule has 7 heteroatoms. The molecule has 0 radical (unpaired) electrons. The van der Waals surface area contributed by atoms with Gasteiger partial charge in [-0.2, -0.15) is 0 Å². The fraction of sp³-hybridized carbons (Fsp3) is 0.250. The molecular formula is C20H20N4O2S. The molecule has 0 unspecified atom stereocenters. The van der Waals surface area contributed by atoms with Crippen LogP contribution in [0.5, 0.6) is 0 Å². The number of hydrogen-bond donors (Lipinski definition) is 1. The van der Waals surface area contributed by atoms with Crippen LogP contribution in [0.15, 0.2) is 59.1 Å². The summed E-state index contributed by atoms with van der Waals surface area (Å²) in [5, 5.41) is 6.62. The second-order valence-electron chi connectivity index (χ2n) is 6.40. The van der Waals surface area contributed by atoms with Crippen LogP contribution in [-0.4, -0.2) is 26.6 Å². The van der Waals surface area contributed by atoms with Crippen LogP contribution in [0.25, 0.3) is 21.1 Å². The summed E-state index contributed by atoms with van der Waals surface area (Å²) in [5.74, 6) is -0.0512. The van der Waals surface area contributed by atoms with Crippen molar-refractivity contribution in [2.45, 2.75) is 25.9 Å². The molecule has 6 nitrogen and oxygen atoms in total. The summed E-state index contributed by atoms with van der Waals surface area (Å²) in [7, 11) is 0. The van der Waals surface area contributed by atoms with Gasteiger partial charge in [-0.25, -0.2) is 4.98 Å². The smallest absolute Gasteiger partial charge is 0.262 e. The molecule has 0 saturated heterocycles. The Bertz CT molecular complexity index is 1140. The van der Waals surface area contributed by atoms with Gasteiger partial charge >= 0.3 is 0 Å². The minimum Gasteiger partial charge on any atom is -0.356 e. The number of aryl methyl sites for hydroxylation is 2. The zero-order valence-electron chi connectivity index (χ0n) is 14.8. The number of thiophene rings is 1. The van der Waals surface area contributed by atoms with E-state index in [0.29, 0.717) is 18.5 Å². The van der Waals surface area contributed by atoms with E-state index in [4.69, 9.17) is 0 Å². The van der Waals surface area contributed by atoms with Gasteiger partial charge in [0, 0.05) is 37.8 Å². The molecule has 0 aliphatic heterocycles. The Morgan fingerprint density at radius 3 is 2.93 bits per heavy atom. The van der Waals surface area contributed by atoms with Gasteiger partial charge in [0.25, 0.3) is 5.56 Å². The molecule has 4 rings (SSSR count). The van der Waals surface area contributed by atoms with Crippen molar-refractivity contribution in [3.63, 3.8) is 0 Å². The van der Waals surface area contributed by atoms with Crippen LogP contribution >= 0.6 is 11.3 Å². The summed E-state index contributed by atoms with van der Waals surface area (Å²) < 4.78 is 3.70. The van der Waals surface area contributed by atoms with Crippen molar-refractivity contribution in [3.8, 4) is 0 Å². The molecule has 0 spiro atoms. The van der Waals surface area contributed by atoms with Crippen LogP contribution in [0.1, 0.15) is 12.8 Å². The maximum atomic E-state index is 12.3. The molecule has 3 heterocycles. The Labute approximate surface area is 160 Å². The molecule has 0 bridgehead atoms. The van der Waals surface area contributed by atoms with E-state index >= 15 is 0 Å². The Balaban J connectivity index is 1.25. The summed E-state index contributed by atoms with van der Waals surface area (Å²) in [4.78, 5) is 29.3. The average Bonchev–Trinajstić information content (AvgIpc) is 3.32. The first-order valence-corrected chi connectivity index (χ1v) is 9.83. The third kappa shape index (κ3) is 3.78. The van der Waals surface area contributed by atoms with Crippen LogP contribution in [0, 0.1) is 0 Å². The van der Waals surface area contributed by atoms with Crippen molar-refractivity contribution in [1.29, 1.82) is 0 Å². The van der Waals surface area contributed by atoms with Crippen LogP contribution in [0.2, 0.25) is 0 Å². The standard InChI is InChI=1S/C20H20N4O2S/c25-18(7-12-24-14-22-19-16(20(24)26)8-13-27-19)21-9-3-10-23-11-6-15-4-1-2-5-17(15)23/h1-2,4-6,8,11,13-14H,3,7,9-10,12H2,(H,21,25). The molecule has 0 atom stereocenters. The van der Waals surface area contributed by atoms with Crippen LogP contribution in [-0.2, 0) is 17.9 Å². The maximum Gasteiger partial charge on any atom is 0.262 e. The predicted octanol–water partition coefficient (Wildman–Crippen LogP) is 3.01. The van der Waals surface area contributed by atoms with Gasteiger partial charge in [0.2, 0.25) is 5.91 Å². The van der Waals surface area contributed by atoms with E-state index in [1.165, 1.54) is 33.1 Å². The number of para-hydroxylation sites is 1. The number of nitrogens with zero attached hydrogens (tertiary/aromatic N) is 3. The highest BCUT2D eigenvalue weighted by molar-refractivity contribution is 7.16. The molecule has 1 aromatic carbocycles. The van der Waals surface area contributed by atoms with Gasteiger partial charge in [-0.1, -0.05) is 18.2 Å². The normalized spacial score (nSPS) is 11.3. The fourth-order valence-corrected chi connectivity index (χ4v) is 3.90.